The first kappa shape index (κ1) is 30.3. The number of carboxylic acid groups (broad SMARTS) is 1. The number of aromatic amines is 1. The summed E-state index contributed by atoms with van der Waals surface area (Å²) in [6.45, 7) is 3.05. The van der Waals surface area contributed by atoms with E-state index in [1.54, 1.807) is 6.20 Å². The maximum absolute atomic E-state index is 10.6. The highest BCUT2D eigenvalue weighted by atomic mass is 19.4. The largest absolute Gasteiger partial charge is 0.490 e. The van der Waals surface area contributed by atoms with Gasteiger partial charge in [0.25, 0.3) is 0 Å². The number of nitrogens with zero attached hydrogens (tertiary/aromatic N) is 4. The number of nitrogens with one attached hydrogen (secondary N) is 2. The fourth-order valence-electron chi connectivity index (χ4n) is 3.46. The molecule has 0 aliphatic carbocycles. The fourth-order valence-corrected chi connectivity index (χ4v) is 3.46. The van der Waals surface area contributed by atoms with Crippen molar-refractivity contribution in [3.63, 3.8) is 0 Å². The van der Waals surface area contributed by atoms with E-state index in [4.69, 9.17) is 35.1 Å². The van der Waals surface area contributed by atoms with Crippen LogP contribution < -0.4 is 15.8 Å². The molecule has 16 heteroatoms. The Labute approximate surface area is 225 Å². The van der Waals surface area contributed by atoms with E-state index in [2.05, 4.69) is 25.6 Å². The number of ether oxygens (including phenoxy) is 1. The molecule has 0 spiro atoms. The molecular formula is C24H28F3N7O6. The lowest BCUT2D eigenvalue weighted by atomic mass is 10.1. The van der Waals surface area contributed by atoms with Gasteiger partial charge in [0.05, 0.1) is 37.1 Å². The van der Waals surface area contributed by atoms with Gasteiger partial charge in [-0.15, -0.1) is 0 Å². The van der Waals surface area contributed by atoms with Gasteiger partial charge in [0.15, 0.2) is 11.6 Å². The predicted molar refractivity (Wildman–Crippen MR) is 135 cm³/mol. The van der Waals surface area contributed by atoms with Crippen LogP contribution in [0, 0.1) is 0 Å². The molecule has 2 atom stereocenters. The van der Waals surface area contributed by atoms with Crippen LogP contribution in [0.3, 0.4) is 0 Å². The van der Waals surface area contributed by atoms with E-state index in [-0.39, 0.29) is 18.3 Å². The predicted octanol–water partition coefficient (Wildman–Crippen LogP) is 2.09. The van der Waals surface area contributed by atoms with Gasteiger partial charge in [-0.25, -0.2) is 19.4 Å². The van der Waals surface area contributed by atoms with Gasteiger partial charge in [-0.2, -0.15) is 13.2 Å². The number of rotatable bonds is 11. The van der Waals surface area contributed by atoms with Crippen molar-refractivity contribution in [3.8, 4) is 17.0 Å². The number of pyridine rings is 1. The third-order valence-corrected chi connectivity index (χ3v) is 5.50. The van der Waals surface area contributed by atoms with Gasteiger partial charge in [0, 0.05) is 12.1 Å². The van der Waals surface area contributed by atoms with Crippen molar-refractivity contribution >= 4 is 22.8 Å². The number of aliphatic hydroxyl groups excluding tert-OH is 2. The summed E-state index contributed by atoms with van der Waals surface area (Å²) in [5.74, 6) is -1.59. The maximum atomic E-state index is 10.6. The second kappa shape index (κ2) is 13.7. The highest BCUT2D eigenvalue weighted by molar-refractivity contribution is 5.93. The summed E-state index contributed by atoms with van der Waals surface area (Å²) in [5.41, 5.74) is 9.46. The molecule has 1 aromatic carbocycles. The van der Waals surface area contributed by atoms with Crippen molar-refractivity contribution in [1.29, 1.82) is 0 Å². The molecule has 216 valence electrons. The van der Waals surface area contributed by atoms with Crippen LogP contribution in [0.5, 0.6) is 5.75 Å². The molecule has 3 heterocycles. The number of carbonyl (C=O) groups is 1. The van der Waals surface area contributed by atoms with E-state index in [9.17, 15) is 18.3 Å². The third kappa shape index (κ3) is 7.87. The number of halogens is 3. The highest BCUT2D eigenvalue weighted by Gasteiger charge is 2.38. The maximum Gasteiger partial charge on any atom is 0.490 e. The smallest absolute Gasteiger partial charge is 0.490 e. The van der Waals surface area contributed by atoms with Crippen LogP contribution in [0.15, 0.2) is 41.2 Å². The molecule has 0 aliphatic rings. The molecule has 0 radical (unpaired) electrons. The minimum atomic E-state index is -5.08. The topological polar surface area (TPSA) is 206 Å². The molecule has 0 bridgehead atoms. The molecule has 0 amide bonds. The minimum Gasteiger partial charge on any atom is -0.490 e. The molecule has 1 unspecified atom stereocenters. The average molecular weight is 568 g/mol. The molecule has 3 aromatic heterocycles. The number of H-pyrrole nitrogens is 1. The van der Waals surface area contributed by atoms with Crippen LogP contribution in [0.25, 0.3) is 22.3 Å². The lowest BCUT2D eigenvalue weighted by Crippen LogP contribution is -2.30. The molecule has 0 saturated heterocycles. The Bertz CT molecular complexity index is 1380. The van der Waals surface area contributed by atoms with Gasteiger partial charge in [-0.05, 0) is 25.0 Å². The second-order valence-corrected chi connectivity index (χ2v) is 8.48. The van der Waals surface area contributed by atoms with Crippen LogP contribution in [0.2, 0.25) is 0 Å². The SMILES string of the molecule is CC(c1nc2c(-c3ccccc3)ncc(OCCCNC[C@H](O)CO)c2[nH]1)c1nonc1N.O=C(O)C(F)(F)F. The number of nitrogens with two attached hydrogens (primary N) is 1. The van der Waals surface area contributed by atoms with Gasteiger partial charge in [-0.1, -0.05) is 35.5 Å². The summed E-state index contributed by atoms with van der Waals surface area (Å²) in [6.07, 6.45) is -3.45. The summed E-state index contributed by atoms with van der Waals surface area (Å²) in [5, 5.41) is 36.0. The number of anilines is 1. The first-order valence-electron chi connectivity index (χ1n) is 12.0. The average Bonchev–Trinajstić information content (AvgIpc) is 3.57. The van der Waals surface area contributed by atoms with Crippen molar-refractivity contribution in [3.05, 3.63) is 48.0 Å². The lowest BCUT2D eigenvalue weighted by molar-refractivity contribution is -0.192. The van der Waals surface area contributed by atoms with E-state index < -0.39 is 18.2 Å². The Balaban J connectivity index is 0.000000559. The Kier molecular flexibility index (Phi) is 10.4. The quantitative estimate of drug-likeness (QED) is 0.144. The van der Waals surface area contributed by atoms with Crippen molar-refractivity contribution < 1.29 is 42.7 Å². The summed E-state index contributed by atoms with van der Waals surface area (Å²) < 4.78 is 42.5. The molecule has 13 nitrogen and oxygen atoms in total. The van der Waals surface area contributed by atoms with E-state index >= 15 is 0 Å². The molecule has 0 aliphatic heterocycles. The molecule has 40 heavy (non-hydrogen) atoms. The Morgan fingerprint density at radius 3 is 2.55 bits per heavy atom. The van der Waals surface area contributed by atoms with Gasteiger partial charge in [0.2, 0.25) is 0 Å². The van der Waals surface area contributed by atoms with E-state index in [1.165, 1.54) is 0 Å². The van der Waals surface area contributed by atoms with E-state index in [1.807, 2.05) is 37.3 Å². The zero-order valence-electron chi connectivity index (χ0n) is 21.2. The molecule has 0 fully saturated rings. The normalized spacial score (nSPS) is 12.9. The monoisotopic (exact) mass is 567 g/mol. The first-order valence-corrected chi connectivity index (χ1v) is 12.0. The van der Waals surface area contributed by atoms with E-state index in [0.717, 1.165) is 16.8 Å². The lowest BCUT2D eigenvalue weighted by Gasteiger charge is -2.10. The zero-order chi connectivity index (χ0) is 29.3. The molecule has 0 saturated carbocycles. The van der Waals surface area contributed by atoms with Crippen LogP contribution >= 0.6 is 0 Å². The van der Waals surface area contributed by atoms with Crippen molar-refractivity contribution in [2.45, 2.75) is 31.5 Å². The number of aliphatic carboxylic acids is 1. The number of hydrogen-bond acceptors (Lipinski definition) is 11. The number of alkyl halides is 3. The molecule has 7 N–H and O–H groups in total. The van der Waals surface area contributed by atoms with Crippen LogP contribution in [0.4, 0.5) is 19.0 Å². The summed E-state index contributed by atoms with van der Waals surface area (Å²) in [4.78, 5) is 21.7. The van der Waals surface area contributed by atoms with Crippen LogP contribution in [-0.2, 0) is 4.79 Å². The molecule has 4 rings (SSSR count). The van der Waals surface area contributed by atoms with Gasteiger partial charge < -0.3 is 36.1 Å². The molecule has 4 aromatic rings. The fraction of sp³-hybridized carbons (Fsp3) is 0.375. The summed E-state index contributed by atoms with van der Waals surface area (Å²) in [6, 6.07) is 9.81. The number of aliphatic hydroxyl groups is 2. The Morgan fingerprint density at radius 2 is 1.95 bits per heavy atom. The van der Waals surface area contributed by atoms with Crippen LogP contribution in [-0.4, -0.2) is 85.1 Å². The van der Waals surface area contributed by atoms with Gasteiger partial charge in [0.1, 0.15) is 22.6 Å². The van der Waals surface area contributed by atoms with Crippen molar-refractivity contribution in [1.82, 2.24) is 30.6 Å². The number of hydrogen-bond donors (Lipinski definition) is 6. The molecular weight excluding hydrogens is 539 g/mol. The van der Waals surface area contributed by atoms with Crippen LogP contribution in [0.1, 0.15) is 30.8 Å². The number of nitrogen functional groups attached to an aromatic ring is 1. The standard InChI is InChI=1S/C22H27N7O4.C2HF3O2/c1-13(17-21(23)29-33-28-17)22-26-19-16(32-9-5-8-24-10-15(31)12-30)11-25-18(20(19)27-22)14-6-3-2-4-7-14;3-2(4,5)1(6)7/h2-4,6-7,11,13,15,24,30-31H,5,8-10,12H2,1H3,(H2,23,29)(H,26,27);(H,6,7)/t13?,15-;/m0./s1. The van der Waals surface area contributed by atoms with Crippen molar-refractivity contribution in [2.75, 3.05) is 32.0 Å². The Hall–Kier alpha value is -4.28. The summed E-state index contributed by atoms with van der Waals surface area (Å²) in [7, 11) is 0. The van der Waals surface area contributed by atoms with E-state index in [0.29, 0.717) is 48.9 Å². The number of benzene rings is 1. The van der Waals surface area contributed by atoms with Crippen molar-refractivity contribution in [2.24, 2.45) is 0 Å². The number of carboxylic acids is 1. The third-order valence-electron chi connectivity index (χ3n) is 5.50. The number of aromatic nitrogens is 5. The Morgan fingerprint density at radius 1 is 1.25 bits per heavy atom. The number of imidazole rings is 1. The highest BCUT2D eigenvalue weighted by Crippen LogP contribution is 2.34. The van der Waals surface area contributed by atoms with Gasteiger partial charge in [-0.3, -0.25) is 0 Å². The number of fused-ring (bicyclic) bond motifs is 1. The first-order chi connectivity index (χ1) is 19.0. The minimum absolute atomic E-state index is 0.222. The second-order valence-electron chi connectivity index (χ2n) is 8.48. The summed E-state index contributed by atoms with van der Waals surface area (Å²) >= 11 is 0. The zero-order valence-corrected chi connectivity index (χ0v) is 21.2. The van der Waals surface area contributed by atoms with Gasteiger partial charge >= 0.3 is 12.1 Å².